The first-order valence-corrected chi connectivity index (χ1v) is 18.0. The first-order valence-electron chi connectivity index (χ1n) is 16.9. The van der Waals surface area contributed by atoms with Gasteiger partial charge in [0.05, 0.1) is 39.6 Å². The van der Waals surface area contributed by atoms with Gasteiger partial charge in [0.2, 0.25) is 0 Å². The number of fused-ring (bicyclic) bond motifs is 2. The number of hydrogen-bond acceptors (Lipinski definition) is 7. The Morgan fingerprint density at radius 2 is 1.08 bits per heavy atom. The van der Waals surface area contributed by atoms with Crippen molar-refractivity contribution in [2.24, 2.45) is 0 Å². The third-order valence-electron chi connectivity index (χ3n) is 9.44. The first kappa shape index (κ1) is 36.0. The van der Waals surface area contributed by atoms with Gasteiger partial charge in [-0.15, -0.1) is 0 Å². The summed E-state index contributed by atoms with van der Waals surface area (Å²) in [5, 5.41) is 2.17. The van der Waals surface area contributed by atoms with E-state index >= 15 is 0 Å². The van der Waals surface area contributed by atoms with Gasteiger partial charge in [-0.2, -0.15) is 0 Å². The molecule has 0 aliphatic carbocycles. The molecule has 2 aliphatic heterocycles. The lowest BCUT2D eigenvalue weighted by Crippen LogP contribution is -2.36. The van der Waals surface area contributed by atoms with Crippen LogP contribution in [0.1, 0.15) is 50.8 Å². The molecule has 2 heterocycles. The van der Waals surface area contributed by atoms with E-state index in [-0.39, 0.29) is 11.8 Å². The van der Waals surface area contributed by atoms with Gasteiger partial charge in [0, 0.05) is 77.5 Å². The Morgan fingerprint density at radius 1 is 0.612 bits per heavy atom. The van der Waals surface area contributed by atoms with Crippen molar-refractivity contribution in [1.82, 2.24) is 9.80 Å². The van der Waals surface area contributed by atoms with Crippen LogP contribution in [0.4, 0.5) is 11.4 Å². The lowest BCUT2D eigenvalue weighted by Gasteiger charge is -2.36. The van der Waals surface area contributed by atoms with Crippen LogP contribution in [0, 0.1) is 6.92 Å². The molecule has 0 spiro atoms. The maximum atomic E-state index is 6.74. The fourth-order valence-electron chi connectivity index (χ4n) is 7.06. The molecule has 4 aromatic rings. The number of halogens is 3. The summed E-state index contributed by atoms with van der Waals surface area (Å²) in [7, 11) is 0. The maximum Gasteiger partial charge on any atom is 0.0701 e. The summed E-state index contributed by atoms with van der Waals surface area (Å²) in [4.78, 5) is 4.78. The van der Waals surface area contributed by atoms with Gasteiger partial charge in [-0.1, -0.05) is 65.1 Å². The van der Waals surface area contributed by atoms with E-state index in [2.05, 4.69) is 47.1 Å². The van der Waals surface area contributed by atoms with Gasteiger partial charge in [-0.25, -0.2) is 0 Å². The molecule has 7 nitrogen and oxygen atoms in total. The molecule has 0 amide bonds. The van der Waals surface area contributed by atoms with Gasteiger partial charge < -0.3 is 25.7 Å². The summed E-state index contributed by atoms with van der Waals surface area (Å²) in [6.45, 7) is 10.3. The van der Waals surface area contributed by atoms with E-state index in [4.69, 9.17) is 60.5 Å². The molecule has 0 bridgehead atoms. The van der Waals surface area contributed by atoms with Crippen LogP contribution in [0.5, 0.6) is 0 Å². The summed E-state index contributed by atoms with van der Waals surface area (Å²) in [5.74, 6) is 0.337. The van der Waals surface area contributed by atoms with Gasteiger partial charge in [-0.05, 0) is 88.3 Å². The van der Waals surface area contributed by atoms with Crippen molar-refractivity contribution in [3.8, 4) is 0 Å². The molecular formula is C39H45Cl3N4O3. The Balaban J connectivity index is 0.893. The van der Waals surface area contributed by atoms with Crippen LogP contribution in [0.15, 0.2) is 72.8 Å². The summed E-state index contributed by atoms with van der Waals surface area (Å²) in [6, 6.07) is 24.4. The summed E-state index contributed by atoms with van der Waals surface area (Å²) in [5.41, 5.74) is 22.1. The zero-order valence-corrected chi connectivity index (χ0v) is 30.2. The number of benzene rings is 4. The van der Waals surface area contributed by atoms with Crippen LogP contribution in [0.25, 0.3) is 0 Å². The standard InChI is InChI=1S/C39H45Cl3N4O3/c1-26-16-32-34(27-4-2-6-30(43)18-27)22-45(24-36(32)38(41)17-26)8-10-47-12-14-49-15-13-48-11-9-46-23-35(28-5-3-7-31(44)19-28)33-20-29(40)21-39(42)37(33)25-46/h2-7,16-21,34-35H,8-15,22-25,43-44H2,1H3. The minimum absolute atomic E-state index is 0.129. The summed E-state index contributed by atoms with van der Waals surface area (Å²) < 4.78 is 17.7. The molecule has 6 rings (SSSR count). The Morgan fingerprint density at radius 3 is 1.59 bits per heavy atom. The van der Waals surface area contributed by atoms with Crippen LogP contribution in [-0.4, -0.2) is 75.6 Å². The van der Waals surface area contributed by atoms with Crippen LogP contribution in [0.2, 0.25) is 15.1 Å². The average Bonchev–Trinajstić information content (AvgIpc) is 3.07. The number of rotatable bonds is 14. The quantitative estimate of drug-likeness (QED) is 0.102. The highest BCUT2D eigenvalue weighted by Crippen LogP contribution is 2.40. The van der Waals surface area contributed by atoms with Gasteiger partial charge in [0.25, 0.3) is 0 Å². The Kier molecular flexibility index (Phi) is 12.4. The second kappa shape index (κ2) is 16.9. The molecule has 2 atom stereocenters. The number of ether oxygens (including phenoxy) is 3. The molecule has 10 heteroatoms. The fraction of sp³-hybridized carbons (Fsp3) is 0.385. The van der Waals surface area contributed by atoms with Gasteiger partial charge in [0.15, 0.2) is 0 Å². The number of aryl methyl sites for hydroxylation is 1. The van der Waals surface area contributed by atoms with Gasteiger partial charge in [-0.3, -0.25) is 9.80 Å². The Hall–Kier alpha value is -2.85. The van der Waals surface area contributed by atoms with Crippen LogP contribution in [0.3, 0.4) is 0 Å². The van der Waals surface area contributed by atoms with Crippen molar-refractivity contribution in [3.63, 3.8) is 0 Å². The highest BCUT2D eigenvalue weighted by atomic mass is 35.5. The largest absolute Gasteiger partial charge is 0.399 e. The SMILES string of the molecule is Cc1cc(Cl)c2c(c1)C(c1cccc(N)c1)CN(CCOCCOCCOCCN1Cc3c(Cl)cc(Cl)cc3C(c3cccc(N)c3)C1)C2. The molecule has 2 aliphatic rings. The number of hydrogen-bond donors (Lipinski definition) is 2. The maximum absolute atomic E-state index is 6.74. The predicted molar refractivity (Wildman–Crippen MR) is 201 cm³/mol. The molecule has 260 valence electrons. The highest BCUT2D eigenvalue weighted by molar-refractivity contribution is 6.35. The zero-order valence-electron chi connectivity index (χ0n) is 28.0. The smallest absolute Gasteiger partial charge is 0.0701 e. The van der Waals surface area contributed by atoms with E-state index in [1.54, 1.807) is 0 Å². The molecule has 0 saturated heterocycles. The fourth-order valence-corrected chi connectivity index (χ4v) is 7.97. The highest BCUT2D eigenvalue weighted by Gasteiger charge is 2.30. The molecule has 0 aromatic heterocycles. The molecule has 0 radical (unpaired) electrons. The van der Waals surface area contributed by atoms with Crippen molar-refractivity contribution in [2.45, 2.75) is 31.8 Å². The van der Waals surface area contributed by atoms with Gasteiger partial charge >= 0.3 is 0 Å². The molecular weight excluding hydrogens is 679 g/mol. The number of nitrogens with two attached hydrogens (primary N) is 2. The summed E-state index contributed by atoms with van der Waals surface area (Å²) >= 11 is 19.8. The Labute approximate surface area is 305 Å². The topological polar surface area (TPSA) is 86.2 Å². The van der Waals surface area contributed by atoms with Crippen molar-refractivity contribution in [2.75, 3.05) is 77.3 Å². The average molecular weight is 724 g/mol. The molecule has 0 saturated carbocycles. The van der Waals surface area contributed by atoms with Crippen molar-refractivity contribution < 1.29 is 14.2 Å². The second-order valence-electron chi connectivity index (χ2n) is 13.0. The second-order valence-corrected chi connectivity index (χ2v) is 14.3. The minimum Gasteiger partial charge on any atom is -0.399 e. The monoisotopic (exact) mass is 722 g/mol. The molecule has 4 aromatic carbocycles. The van der Waals surface area contributed by atoms with Crippen LogP contribution in [-0.2, 0) is 27.3 Å². The third kappa shape index (κ3) is 9.29. The molecule has 4 N–H and O–H groups in total. The molecule has 0 fully saturated rings. The predicted octanol–water partition coefficient (Wildman–Crippen LogP) is 7.76. The minimum atomic E-state index is 0.129. The van der Waals surface area contributed by atoms with E-state index in [0.717, 1.165) is 66.8 Å². The van der Waals surface area contributed by atoms with Crippen molar-refractivity contribution in [3.05, 3.63) is 127 Å². The van der Waals surface area contributed by atoms with Crippen molar-refractivity contribution >= 4 is 46.2 Å². The van der Waals surface area contributed by atoms with Crippen molar-refractivity contribution in [1.29, 1.82) is 0 Å². The van der Waals surface area contributed by atoms with Crippen LogP contribution >= 0.6 is 34.8 Å². The number of anilines is 2. The third-order valence-corrected chi connectivity index (χ3v) is 10.3. The normalized spacial score (nSPS) is 18.0. The summed E-state index contributed by atoms with van der Waals surface area (Å²) in [6.07, 6.45) is 0. The van der Waals surface area contributed by atoms with E-state index in [1.807, 2.05) is 42.5 Å². The van der Waals surface area contributed by atoms with E-state index in [9.17, 15) is 0 Å². The molecule has 2 unspecified atom stereocenters. The number of nitrogen functional groups attached to an aromatic ring is 2. The lowest BCUT2D eigenvalue weighted by atomic mass is 9.83. The number of nitrogens with zero attached hydrogens (tertiary/aromatic N) is 2. The lowest BCUT2D eigenvalue weighted by molar-refractivity contribution is 0.00568. The van der Waals surface area contributed by atoms with Crippen LogP contribution < -0.4 is 11.5 Å². The van der Waals surface area contributed by atoms with E-state index in [0.29, 0.717) is 49.7 Å². The molecule has 49 heavy (non-hydrogen) atoms. The van der Waals surface area contributed by atoms with Gasteiger partial charge in [0.1, 0.15) is 0 Å². The zero-order chi connectivity index (χ0) is 34.3. The first-order chi connectivity index (χ1) is 23.7. The van der Waals surface area contributed by atoms with E-state index < -0.39 is 0 Å². The van der Waals surface area contributed by atoms with E-state index in [1.165, 1.54) is 27.8 Å². The Bertz CT molecular complexity index is 1610.